The topological polar surface area (TPSA) is 80.0 Å². The molecule has 0 spiro atoms. The Labute approximate surface area is 111 Å². The molecule has 18 heavy (non-hydrogen) atoms. The summed E-state index contributed by atoms with van der Waals surface area (Å²) in [7, 11) is -1.62. The maximum Gasteiger partial charge on any atom is 0.159 e. The van der Waals surface area contributed by atoms with Crippen molar-refractivity contribution in [2.24, 2.45) is 0 Å². The average Bonchev–Trinajstić information content (AvgIpc) is 2.61. The van der Waals surface area contributed by atoms with E-state index >= 15 is 0 Å². The second-order valence-corrected chi connectivity index (χ2v) is 7.83. The maximum atomic E-state index is 11.8. The van der Waals surface area contributed by atoms with Gasteiger partial charge in [0.2, 0.25) is 0 Å². The molecule has 0 aromatic carbocycles. The number of hydrogen-bond donors (Lipinski definition) is 0. The van der Waals surface area contributed by atoms with Gasteiger partial charge < -0.3 is 4.74 Å². The molecule has 1 aromatic heterocycles. The van der Waals surface area contributed by atoms with Crippen molar-refractivity contribution >= 4 is 21.2 Å². The third-order valence-corrected chi connectivity index (χ3v) is 5.78. The molecule has 0 fully saturated rings. The highest BCUT2D eigenvalue weighted by Crippen LogP contribution is 2.22. The Hall–Kier alpha value is -0.970. The van der Waals surface area contributed by atoms with Crippen LogP contribution in [0, 0.1) is 11.3 Å². The first-order valence-electron chi connectivity index (χ1n) is 5.45. The Morgan fingerprint density at radius 1 is 1.50 bits per heavy atom. The molecule has 0 amide bonds. The molecule has 0 bridgehead atoms. The molecule has 1 rings (SSSR count). The number of nitriles is 1. The fourth-order valence-electron chi connectivity index (χ4n) is 1.30. The van der Waals surface area contributed by atoms with Gasteiger partial charge in [-0.25, -0.2) is 13.4 Å². The smallest absolute Gasteiger partial charge is 0.159 e. The highest BCUT2D eigenvalue weighted by molar-refractivity contribution is 7.91. The van der Waals surface area contributed by atoms with Crippen LogP contribution in [0.3, 0.4) is 0 Å². The van der Waals surface area contributed by atoms with Crippen LogP contribution in [-0.2, 0) is 33.4 Å². The lowest BCUT2D eigenvalue weighted by molar-refractivity contribution is 0.181. The van der Waals surface area contributed by atoms with Crippen molar-refractivity contribution in [3.05, 3.63) is 15.6 Å². The Morgan fingerprint density at radius 3 is 2.67 bits per heavy atom. The summed E-state index contributed by atoms with van der Waals surface area (Å²) in [5, 5.41) is 8.82. The predicted molar refractivity (Wildman–Crippen MR) is 69.9 cm³/mol. The normalized spacial score (nSPS) is 11.7. The number of ether oxygens (including phenoxy) is 1. The van der Waals surface area contributed by atoms with E-state index in [2.05, 4.69) is 4.98 Å². The van der Waals surface area contributed by atoms with Gasteiger partial charge in [0.25, 0.3) is 0 Å². The van der Waals surface area contributed by atoms with Gasteiger partial charge in [-0.1, -0.05) is 0 Å². The van der Waals surface area contributed by atoms with E-state index < -0.39 is 15.1 Å². The number of aromatic nitrogens is 1. The van der Waals surface area contributed by atoms with Gasteiger partial charge in [-0.15, -0.1) is 11.3 Å². The summed E-state index contributed by atoms with van der Waals surface area (Å²) in [6.07, 6.45) is 0.234. The van der Waals surface area contributed by atoms with Crippen LogP contribution in [0.4, 0.5) is 0 Å². The molecule has 5 nitrogen and oxygen atoms in total. The number of nitrogens with zero attached hydrogens (tertiary/aromatic N) is 2. The van der Waals surface area contributed by atoms with Gasteiger partial charge in [-0.05, 0) is 13.8 Å². The zero-order chi connectivity index (χ0) is 13.8. The number of hydrogen-bond acceptors (Lipinski definition) is 6. The van der Waals surface area contributed by atoms with Gasteiger partial charge in [0.15, 0.2) is 9.84 Å². The molecule has 100 valence electrons. The van der Waals surface area contributed by atoms with Crippen LogP contribution in [0.25, 0.3) is 0 Å². The minimum absolute atomic E-state index is 0.0719. The third kappa shape index (κ3) is 3.77. The Morgan fingerprint density at radius 2 is 2.17 bits per heavy atom. The van der Waals surface area contributed by atoms with E-state index in [1.807, 2.05) is 6.07 Å². The second kappa shape index (κ2) is 6.27. The average molecular weight is 288 g/mol. The summed E-state index contributed by atoms with van der Waals surface area (Å²) in [6.45, 7) is 3.60. The van der Waals surface area contributed by atoms with Gasteiger partial charge in [-0.3, -0.25) is 0 Å². The van der Waals surface area contributed by atoms with E-state index in [4.69, 9.17) is 10.00 Å². The van der Waals surface area contributed by atoms with E-state index in [1.165, 1.54) is 11.3 Å². The number of rotatable bonds is 6. The zero-order valence-electron chi connectivity index (χ0n) is 10.6. The van der Waals surface area contributed by atoms with Crippen LogP contribution in [0.5, 0.6) is 0 Å². The van der Waals surface area contributed by atoms with E-state index in [0.717, 1.165) is 4.88 Å². The molecule has 0 aliphatic carbocycles. The first kappa shape index (κ1) is 15.1. The summed E-state index contributed by atoms with van der Waals surface area (Å²) < 4.78 is 28.6. The van der Waals surface area contributed by atoms with Crippen molar-refractivity contribution in [1.29, 1.82) is 5.26 Å². The summed E-state index contributed by atoms with van der Waals surface area (Å²) >= 11 is 1.28. The first-order chi connectivity index (χ1) is 8.40. The maximum absolute atomic E-state index is 11.8. The number of thiazole rings is 1. The highest BCUT2D eigenvalue weighted by atomic mass is 32.2. The standard InChI is InChI=1S/C11H16N2O3S2/c1-8(2)18(14,15)7-11-13-9(6-16-3)10(17-11)4-5-12/h8H,4,6-7H2,1-3H3. The van der Waals surface area contributed by atoms with Crippen LogP contribution < -0.4 is 0 Å². The SMILES string of the molecule is COCc1nc(CS(=O)(=O)C(C)C)sc1CC#N. The molecule has 0 radical (unpaired) electrons. The van der Waals surface area contributed by atoms with Gasteiger partial charge in [-0.2, -0.15) is 5.26 Å². The lowest BCUT2D eigenvalue weighted by Gasteiger charge is -2.04. The molecule has 0 aliphatic rings. The summed E-state index contributed by atoms with van der Waals surface area (Å²) in [4.78, 5) is 5.03. The van der Waals surface area contributed by atoms with E-state index in [0.29, 0.717) is 17.3 Å². The van der Waals surface area contributed by atoms with E-state index in [1.54, 1.807) is 21.0 Å². The fraction of sp³-hybridized carbons (Fsp3) is 0.636. The van der Waals surface area contributed by atoms with Crippen LogP contribution in [0.2, 0.25) is 0 Å². The third-order valence-electron chi connectivity index (χ3n) is 2.39. The molecular formula is C11H16N2O3S2. The molecule has 0 saturated heterocycles. The molecule has 7 heteroatoms. The van der Waals surface area contributed by atoms with Crippen molar-refractivity contribution in [2.75, 3.05) is 7.11 Å². The lowest BCUT2D eigenvalue weighted by Crippen LogP contribution is -2.15. The van der Waals surface area contributed by atoms with Crippen molar-refractivity contribution in [3.63, 3.8) is 0 Å². The van der Waals surface area contributed by atoms with E-state index in [9.17, 15) is 8.42 Å². The molecule has 1 aromatic rings. The highest BCUT2D eigenvalue weighted by Gasteiger charge is 2.20. The second-order valence-electron chi connectivity index (χ2n) is 4.10. The predicted octanol–water partition coefficient (Wildman–Crippen LogP) is 1.68. The molecule has 0 saturated carbocycles. The van der Waals surface area contributed by atoms with Crippen molar-refractivity contribution in [1.82, 2.24) is 4.98 Å². The van der Waals surface area contributed by atoms with Gasteiger partial charge in [0.05, 0.1) is 30.0 Å². The number of sulfone groups is 1. The van der Waals surface area contributed by atoms with Crippen molar-refractivity contribution in [2.45, 2.75) is 37.9 Å². The van der Waals surface area contributed by atoms with Crippen LogP contribution in [0.1, 0.15) is 29.4 Å². The van der Waals surface area contributed by atoms with Gasteiger partial charge >= 0.3 is 0 Å². The first-order valence-corrected chi connectivity index (χ1v) is 7.98. The summed E-state index contributed by atoms with van der Waals surface area (Å²) in [6, 6.07) is 2.05. The molecule has 0 atom stereocenters. The number of methoxy groups -OCH3 is 1. The van der Waals surface area contributed by atoms with Crippen LogP contribution in [-0.4, -0.2) is 25.8 Å². The Balaban J connectivity index is 2.98. The fourth-order valence-corrected chi connectivity index (χ4v) is 3.57. The lowest BCUT2D eigenvalue weighted by atomic mass is 10.3. The molecule has 0 unspecified atom stereocenters. The van der Waals surface area contributed by atoms with Crippen molar-refractivity contribution in [3.8, 4) is 6.07 Å². The Kier molecular flexibility index (Phi) is 5.26. The Bertz CT molecular complexity index is 541. The molecule has 0 aliphatic heterocycles. The molecular weight excluding hydrogens is 272 g/mol. The van der Waals surface area contributed by atoms with Gasteiger partial charge in [0, 0.05) is 12.0 Å². The summed E-state index contributed by atoms with van der Waals surface area (Å²) in [5.74, 6) is -0.0719. The minimum Gasteiger partial charge on any atom is -0.378 e. The molecule has 0 N–H and O–H groups in total. The monoisotopic (exact) mass is 288 g/mol. The quantitative estimate of drug-likeness (QED) is 0.795. The van der Waals surface area contributed by atoms with Crippen LogP contribution >= 0.6 is 11.3 Å². The van der Waals surface area contributed by atoms with E-state index in [-0.39, 0.29) is 12.2 Å². The van der Waals surface area contributed by atoms with Gasteiger partial charge in [0.1, 0.15) is 10.8 Å². The summed E-state index contributed by atoms with van der Waals surface area (Å²) in [5.41, 5.74) is 0.665. The molecule has 1 heterocycles. The largest absolute Gasteiger partial charge is 0.378 e. The minimum atomic E-state index is -3.16. The van der Waals surface area contributed by atoms with Crippen molar-refractivity contribution < 1.29 is 13.2 Å². The zero-order valence-corrected chi connectivity index (χ0v) is 12.3. The van der Waals surface area contributed by atoms with Crippen LogP contribution in [0.15, 0.2) is 0 Å².